The summed E-state index contributed by atoms with van der Waals surface area (Å²) in [7, 11) is 1.37. The Morgan fingerprint density at radius 2 is 2.39 bits per heavy atom. The fraction of sp³-hybridized carbons (Fsp3) is 0.455. The number of carbonyl (C=O) groups is 2. The van der Waals surface area contributed by atoms with Crippen LogP contribution >= 0.6 is 23.1 Å². The fourth-order valence-electron chi connectivity index (χ4n) is 1.58. The van der Waals surface area contributed by atoms with Gasteiger partial charge in [0.15, 0.2) is 0 Å². The minimum absolute atomic E-state index is 0.0611. The average Bonchev–Trinajstić information content (AvgIpc) is 2.86. The van der Waals surface area contributed by atoms with Crippen molar-refractivity contribution in [2.45, 2.75) is 6.42 Å². The van der Waals surface area contributed by atoms with Crippen LogP contribution in [-0.2, 0) is 11.2 Å². The molecule has 18 heavy (non-hydrogen) atoms. The lowest BCUT2D eigenvalue weighted by atomic mass is 10.3. The van der Waals surface area contributed by atoms with Crippen molar-refractivity contribution in [1.82, 2.24) is 10.4 Å². The van der Waals surface area contributed by atoms with Crippen LogP contribution in [0.1, 0.15) is 14.5 Å². The molecule has 2 heterocycles. The predicted octanol–water partition coefficient (Wildman–Crippen LogP) is 1.75. The summed E-state index contributed by atoms with van der Waals surface area (Å²) in [6.45, 7) is 1.43. The van der Waals surface area contributed by atoms with Gasteiger partial charge in [-0.1, -0.05) is 11.8 Å². The molecule has 2 rings (SSSR count). The van der Waals surface area contributed by atoms with Gasteiger partial charge in [0.25, 0.3) is 5.24 Å². The van der Waals surface area contributed by atoms with Crippen LogP contribution in [0.15, 0.2) is 12.1 Å². The Bertz CT molecular complexity index is 447. The molecule has 0 bridgehead atoms. The standard InChI is InChI=1S/C11H14N2O3S2/c1-16-10(14)9-3-2-8(18-9)4-6-13-11(15)17-7-5-12-13/h2-3,12H,4-7H2,1H3. The van der Waals surface area contributed by atoms with Gasteiger partial charge >= 0.3 is 5.97 Å². The first-order valence-electron chi connectivity index (χ1n) is 5.55. The molecule has 1 fully saturated rings. The van der Waals surface area contributed by atoms with Crippen LogP contribution in [0.25, 0.3) is 0 Å². The van der Waals surface area contributed by atoms with E-state index in [4.69, 9.17) is 0 Å². The lowest BCUT2D eigenvalue weighted by Crippen LogP contribution is -2.46. The highest BCUT2D eigenvalue weighted by atomic mass is 32.2. The molecular weight excluding hydrogens is 272 g/mol. The van der Waals surface area contributed by atoms with Gasteiger partial charge in [-0.05, 0) is 12.1 Å². The Morgan fingerprint density at radius 3 is 3.11 bits per heavy atom. The number of thioether (sulfide) groups is 1. The van der Waals surface area contributed by atoms with E-state index in [0.29, 0.717) is 11.4 Å². The van der Waals surface area contributed by atoms with E-state index in [0.717, 1.165) is 23.6 Å². The second kappa shape index (κ2) is 6.21. The van der Waals surface area contributed by atoms with Crippen LogP contribution in [-0.4, -0.2) is 42.2 Å². The van der Waals surface area contributed by atoms with E-state index in [9.17, 15) is 9.59 Å². The average molecular weight is 286 g/mol. The lowest BCUT2D eigenvalue weighted by molar-refractivity contribution is 0.0606. The monoisotopic (exact) mass is 286 g/mol. The highest BCUT2D eigenvalue weighted by Crippen LogP contribution is 2.19. The van der Waals surface area contributed by atoms with Crippen molar-refractivity contribution in [2.75, 3.05) is 26.0 Å². The third-order valence-electron chi connectivity index (χ3n) is 2.48. The molecule has 1 aromatic heterocycles. The van der Waals surface area contributed by atoms with Gasteiger partial charge in [-0.25, -0.2) is 10.2 Å². The van der Waals surface area contributed by atoms with Crippen LogP contribution in [0, 0.1) is 0 Å². The molecular formula is C11H14N2O3S2. The fourth-order valence-corrected chi connectivity index (χ4v) is 3.17. The lowest BCUT2D eigenvalue weighted by Gasteiger charge is -2.26. The van der Waals surface area contributed by atoms with Crippen molar-refractivity contribution < 1.29 is 14.3 Å². The topological polar surface area (TPSA) is 58.6 Å². The highest BCUT2D eigenvalue weighted by molar-refractivity contribution is 8.13. The Labute approximate surface area is 113 Å². The van der Waals surface area contributed by atoms with Gasteiger partial charge in [-0.2, -0.15) is 0 Å². The largest absolute Gasteiger partial charge is 0.465 e. The van der Waals surface area contributed by atoms with Crippen molar-refractivity contribution in [2.24, 2.45) is 0 Å². The summed E-state index contributed by atoms with van der Waals surface area (Å²) >= 11 is 2.74. The Hall–Kier alpha value is -1.05. The maximum Gasteiger partial charge on any atom is 0.348 e. The number of nitrogens with one attached hydrogen (secondary N) is 1. The minimum atomic E-state index is -0.311. The molecule has 1 saturated heterocycles. The summed E-state index contributed by atoms with van der Waals surface area (Å²) in [6, 6.07) is 3.66. The summed E-state index contributed by atoms with van der Waals surface area (Å²) < 4.78 is 4.65. The predicted molar refractivity (Wildman–Crippen MR) is 71.9 cm³/mol. The first kappa shape index (κ1) is 13.4. The third-order valence-corrected chi connectivity index (χ3v) is 4.48. The van der Waals surface area contributed by atoms with E-state index in [1.165, 1.54) is 30.2 Å². The zero-order chi connectivity index (χ0) is 13.0. The molecule has 0 atom stereocenters. The van der Waals surface area contributed by atoms with E-state index in [1.54, 1.807) is 11.1 Å². The number of hydrazine groups is 1. The quantitative estimate of drug-likeness (QED) is 0.855. The third kappa shape index (κ3) is 3.24. The van der Waals surface area contributed by atoms with Crippen LogP contribution in [0.4, 0.5) is 4.79 Å². The second-order valence-electron chi connectivity index (χ2n) is 3.68. The van der Waals surface area contributed by atoms with Gasteiger partial charge in [0.05, 0.1) is 7.11 Å². The highest BCUT2D eigenvalue weighted by Gasteiger charge is 2.18. The minimum Gasteiger partial charge on any atom is -0.465 e. The number of rotatable bonds is 4. The molecule has 1 aliphatic rings. The maximum absolute atomic E-state index is 11.5. The van der Waals surface area contributed by atoms with Gasteiger partial charge < -0.3 is 4.74 Å². The Kier molecular flexibility index (Phi) is 4.62. The molecule has 0 spiro atoms. The zero-order valence-corrected chi connectivity index (χ0v) is 11.6. The molecule has 7 heteroatoms. The van der Waals surface area contributed by atoms with Crippen molar-refractivity contribution in [1.29, 1.82) is 0 Å². The van der Waals surface area contributed by atoms with Crippen molar-refractivity contribution in [3.05, 3.63) is 21.9 Å². The van der Waals surface area contributed by atoms with Gasteiger partial charge in [0.2, 0.25) is 0 Å². The van der Waals surface area contributed by atoms with Crippen LogP contribution < -0.4 is 5.43 Å². The number of hydrogen-bond donors (Lipinski definition) is 1. The molecule has 0 aromatic carbocycles. The molecule has 0 aliphatic carbocycles. The molecule has 98 valence electrons. The molecule has 1 aliphatic heterocycles. The van der Waals surface area contributed by atoms with E-state index >= 15 is 0 Å². The Balaban J connectivity index is 1.88. The zero-order valence-electron chi connectivity index (χ0n) is 9.97. The van der Waals surface area contributed by atoms with E-state index in [-0.39, 0.29) is 11.2 Å². The molecule has 1 aromatic rings. The summed E-state index contributed by atoms with van der Waals surface area (Å²) in [5, 5.41) is 1.69. The molecule has 1 amide bonds. The first-order chi connectivity index (χ1) is 8.70. The van der Waals surface area contributed by atoms with Gasteiger partial charge in [-0.15, -0.1) is 11.3 Å². The number of hydrogen-bond acceptors (Lipinski definition) is 6. The summed E-state index contributed by atoms with van der Waals surface area (Å²) in [6.07, 6.45) is 0.737. The van der Waals surface area contributed by atoms with Crippen LogP contribution in [0.3, 0.4) is 0 Å². The maximum atomic E-state index is 11.5. The van der Waals surface area contributed by atoms with Crippen molar-refractivity contribution in [3.63, 3.8) is 0 Å². The first-order valence-corrected chi connectivity index (χ1v) is 7.35. The molecule has 5 nitrogen and oxygen atoms in total. The molecule has 0 radical (unpaired) electrons. The van der Waals surface area contributed by atoms with Crippen LogP contribution in [0.5, 0.6) is 0 Å². The normalized spacial score (nSPS) is 15.8. The second-order valence-corrected chi connectivity index (χ2v) is 5.90. The number of carbonyl (C=O) groups excluding carboxylic acids is 2. The van der Waals surface area contributed by atoms with Crippen molar-refractivity contribution in [3.8, 4) is 0 Å². The number of amides is 1. The SMILES string of the molecule is COC(=O)c1ccc(CCN2NCCSC2=O)s1. The van der Waals surface area contributed by atoms with E-state index in [2.05, 4.69) is 10.2 Å². The summed E-state index contributed by atoms with van der Waals surface area (Å²) in [5.74, 6) is 0.509. The number of ether oxygens (including phenoxy) is 1. The molecule has 1 N–H and O–H groups in total. The van der Waals surface area contributed by atoms with E-state index in [1.807, 2.05) is 6.07 Å². The molecule has 0 saturated carbocycles. The van der Waals surface area contributed by atoms with Crippen LogP contribution in [0.2, 0.25) is 0 Å². The summed E-state index contributed by atoms with van der Waals surface area (Å²) in [5.41, 5.74) is 3.06. The Morgan fingerprint density at radius 1 is 1.56 bits per heavy atom. The number of nitrogens with zero attached hydrogens (tertiary/aromatic N) is 1. The smallest absolute Gasteiger partial charge is 0.348 e. The van der Waals surface area contributed by atoms with Gasteiger partial charge in [0, 0.05) is 30.1 Å². The van der Waals surface area contributed by atoms with Gasteiger partial charge in [-0.3, -0.25) is 9.80 Å². The van der Waals surface area contributed by atoms with E-state index < -0.39 is 0 Å². The number of thiophene rings is 1. The summed E-state index contributed by atoms with van der Waals surface area (Å²) in [4.78, 5) is 24.5. The number of methoxy groups -OCH3 is 1. The van der Waals surface area contributed by atoms with Gasteiger partial charge in [0.1, 0.15) is 4.88 Å². The van der Waals surface area contributed by atoms with Crippen molar-refractivity contribution >= 4 is 34.3 Å². The molecule has 0 unspecified atom stereocenters. The number of esters is 1.